The van der Waals surface area contributed by atoms with Crippen molar-refractivity contribution in [3.05, 3.63) is 29.3 Å². The summed E-state index contributed by atoms with van der Waals surface area (Å²) in [5, 5.41) is 8.69. The number of nitrogens with zero attached hydrogens (tertiary/aromatic N) is 1. The largest absolute Gasteiger partial charge is 0.378 e. The third-order valence-electron chi connectivity index (χ3n) is 2.74. The summed E-state index contributed by atoms with van der Waals surface area (Å²) >= 11 is 0. The Bertz CT molecular complexity index is 395. The lowest BCUT2D eigenvalue weighted by Crippen LogP contribution is -2.37. The van der Waals surface area contributed by atoms with Gasteiger partial charge in [0.1, 0.15) is 0 Å². The number of ether oxygens (including phenoxy) is 1. The quantitative estimate of drug-likeness (QED) is 0.786. The van der Waals surface area contributed by atoms with Crippen LogP contribution in [0.5, 0.6) is 0 Å². The third-order valence-corrected chi connectivity index (χ3v) is 2.74. The Balaban J connectivity index is 2.32. The molecule has 1 aliphatic heterocycles. The molecule has 1 aromatic carbocycles. The predicted octanol–water partition coefficient (Wildman–Crippen LogP) is 1.28. The first-order valence-corrected chi connectivity index (χ1v) is 5.40. The monoisotopic (exact) mass is 244 g/mol. The van der Waals surface area contributed by atoms with Crippen molar-refractivity contribution in [3.8, 4) is 0 Å². The average molecular weight is 244 g/mol. The number of hydrogen-bond donors (Lipinski definition) is 2. The maximum absolute atomic E-state index is 13.2. The molecule has 0 spiro atoms. The lowest BCUT2D eigenvalue weighted by atomic mass is 10.1. The molecule has 4 nitrogen and oxygen atoms in total. The second-order valence-electron chi connectivity index (χ2n) is 3.83. The van der Waals surface area contributed by atoms with Crippen LogP contribution in [-0.4, -0.2) is 31.5 Å². The Kier molecular flexibility index (Phi) is 3.88. The van der Waals surface area contributed by atoms with Gasteiger partial charge in [-0.15, -0.1) is 0 Å². The van der Waals surface area contributed by atoms with E-state index in [1.165, 1.54) is 0 Å². The molecule has 0 bridgehead atoms. The van der Waals surface area contributed by atoms with Gasteiger partial charge in [0.15, 0.2) is 11.6 Å². The fourth-order valence-corrected chi connectivity index (χ4v) is 1.90. The molecule has 0 atom stereocenters. The van der Waals surface area contributed by atoms with Gasteiger partial charge in [0.25, 0.3) is 0 Å². The van der Waals surface area contributed by atoms with Crippen molar-refractivity contribution < 1.29 is 18.7 Å². The second kappa shape index (κ2) is 5.39. The minimum atomic E-state index is -0.910. The summed E-state index contributed by atoms with van der Waals surface area (Å²) in [4.78, 5) is 1.92. The molecule has 1 heterocycles. The van der Waals surface area contributed by atoms with Gasteiger partial charge in [-0.05, 0) is 11.6 Å². The van der Waals surface area contributed by atoms with E-state index in [0.29, 0.717) is 37.6 Å². The van der Waals surface area contributed by atoms with Crippen LogP contribution in [0.3, 0.4) is 0 Å². The molecule has 0 amide bonds. The van der Waals surface area contributed by atoms with Crippen LogP contribution in [-0.2, 0) is 11.3 Å². The van der Waals surface area contributed by atoms with Crippen molar-refractivity contribution in [2.45, 2.75) is 6.54 Å². The average Bonchev–Trinajstić information content (AvgIpc) is 2.35. The van der Waals surface area contributed by atoms with Gasteiger partial charge in [-0.2, -0.15) is 0 Å². The first-order chi connectivity index (χ1) is 8.22. The van der Waals surface area contributed by atoms with Gasteiger partial charge < -0.3 is 14.8 Å². The highest BCUT2D eigenvalue weighted by Gasteiger charge is 2.17. The molecule has 2 rings (SSSR count). The van der Waals surface area contributed by atoms with E-state index < -0.39 is 11.6 Å². The molecule has 0 radical (unpaired) electrons. The smallest absolute Gasteiger partial charge is 0.160 e. The topological polar surface area (TPSA) is 44.7 Å². The zero-order valence-corrected chi connectivity index (χ0v) is 9.25. The standard InChI is InChI=1S/C11H14F2N2O2/c12-9-5-8(7-14-16)11(6-10(9)13)15-1-3-17-4-2-15/h5-6,14,16H,1-4,7H2. The molecule has 94 valence electrons. The Morgan fingerprint density at radius 2 is 1.88 bits per heavy atom. The lowest BCUT2D eigenvalue weighted by Gasteiger charge is -2.30. The summed E-state index contributed by atoms with van der Waals surface area (Å²) in [5.41, 5.74) is 3.08. The molecule has 1 aliphatic rings. The number of halogens is 2. The van der Waals surface area contributed by atoms with Crippen molar-refractivity contribution in [3.63, 3.8) is 0 Å². The maximum atomic E-state index is 13.2. The molecule has 0 saturated carbocycles. The van der Waals surface area contributed by atoms with E-state index in [9.17, 15) is 8.78 Å². The fraction of sp³-hybridized carbons (Fsp3) is 0.455. The van der Waals surface area contributed by atoms with Crippen LogP contribution in [0.2, 0.25) is 0 Å². The minimum Gasteiger partial charge on any atom is -0.378 e. The van der Waals surface area contributed by atoms with Crippen molar-refractivity contribution in [1.29, 1.82) is 0 Å². The van der Waals surface area contributed by atoms with Gasteiger partial charge in [0.05, 0.1) is 13.2 Å². The van der Waals surface area contributed by atoms with Gasteiger partial charge in [0, 0.05) is 31.4 Å². The van der Waals surface area contributed by atoms with E-state index in [-0.39, 0.29) is 6.54 Å². The van der Waals surface area contributed by atoms with Crippen LogP contribution < -0.4 is 10.4 Å². The van der Waals surface area contributed by atoms with Crippen LogP contribution in [0.15, 0.2) is 12.1 Å². The Morgan fingerprint density at radius 3 is 2.53 bits per heavy atom. The van der Waals surface area contributed by atoms with Crippen LogP contribution in [0.4, 0.5) is 14.5 Å². The highest BCUT2D eigenvalue weighted by atomic mass is 19.2. The van der Waals surface area contributed by atoms with Crippen molar-refractivity contribution >= 4 is 5.69 Å². The van der Waals surface area contributed by atoms with Gasteiger partial charge in [0.2, 0.25) is 0 Å². The highest BCUT2D eigenvalue weighted by Crippen LogP contribution is 2.24. The van der Waals surface area contributed by atoms with Crippen molar-refractivity contribution in [2.75, 3.05) is 31.2 Å². The number of benzene rings is 1. The van der Waals surface area contributed by atoms with Crippen LogP contribution in [0.1, 0.15) is 5.56 Å². The summed E-state index contributed by atoms with van der Waals surface area (Å²) < 4.78 is 31.6. The molecule has 2 N–H and O–H groups in total. The van der Waals surface area contributed by atoms with Gasteiger partial charge in [-0.25, -0.2) is 14.3 Å². The highest BCUT2D eigenvalue weighted by molar-refractivity contribution is 5.54. The van der Waals surface area contributed by atoms with E-state index in [1.807, 2.05) is 10.4 Å². The van der Waals surface area contributed by atoms with Gasteiger partial charge >= 0.3 is 0 Å². The molecule has 1 aromatic rings. The summed E-state index contributed by atoms with van der Waals surface area (Å²) in [6.45, 7) is 2.45. The zero-order valence-electron chi connectivity index (χ0n) is 9.25. The summed E-state index contributed by atoms with van der Waals surface area (Å²) in [5.74, 6) is -1.79. The SMILES string of the molecule is ONCc1cc(F)c(F)cc1N1CCOCC1. The van der Waals surface area contributed by atoms with E-state index in [1.54, 1.807) is 0 Å². The molecule has 0 unspecified atom stereocenters. The predicted molar refractivity (Wildman–Crippen MR) is 58.0 cm³/mol. The number of hydroxylamine groups is 1. The number of anilines is 1. The van der Waals surface area contributed by atoms with E-state index in [4.69, 9.17) is 9.94 Å². The van der Waals surface area contributed by atoms with E-state index in [0.717, 1.165) is 12.1 Å². The zero-order chi connectivity index (χ0) is 12.3. The van der Waals surface area contributed by atoms with Crippen LogP contribution >= 0.6 is 0 Å². The molecule has 6 heteroatoms. The second-order valence-corrected chi connectivity index (χ2v) is 3.83. The van der Waals surface area contributed by atoms with Crippen LogP contribution in [0.25, 0.3) is 0 Å². The normalized spacial score (nSPS) is 16.3. The molecule has 17 heavy (non-hydrogen) atoms. The molecular formula is C11H14F2N2O2. The Morgan fingerprint density at radius 1 is 1.24 bits per heavy atom. The first-order valence-electron chi connectivity index (χ1n) is 5.40. The fourth-order valence-electron chi connectivity index (χ4n) is 1.90. The van der Waals surface area contributed by atoms with Crippen molar-refractivity contribution in [2.24, 2.45) is 0 Å². The Labute approximate surface area is 97.8 Å². The van der Waals surface area contributed by atoms with E-state index >= 15 is 0 Å². The molecular weight excluding hydrogens is 230 g/mol. The Hall–Kier alpha value is -1.24. The third kappa shape index (κ3) is 2.71. The lowest BCUT2D eigenvalue weighted by molar-refractivity contribution is 0.122. The van der Waals surface area contributed by atoms with Crippen LogP contribution in [0, 0.1) is 11.6 Å². The minimum absolute atomic E-state index is 0.0733. The van der Waals surface area contributed by atoms with Gasteiger partial charge in [-0.3, -0.25) is 0 Å². The summed E-state index contributed by atoms with van der Waals surface area (Å²) in [6.07, 6.45) is 0. The molecule has 0 aliphatic carbocycles. The maximum Gasteiger partial charge on any atom is 0.160 e. The molecule has 0 aromatic heterocycles. The van der Waals surface area contributed by atoms with Gasteiger partial charge in [-0.1, -0.05) is 0 Å². The summed E-state index contributed by atoms with van der Waals surface area (Å²) in [6, 6.07) is 2.26. The summed E-state index contributed by atoms with van der Waals surface area (Å²) in [7, 11) is 0. The molecule has 1 saturated heterocycles. The number of morpholine rings is 1. The first kappa shape index (κ1) is 12.2. The van der Waals surface area contributed by atoms with E-state index in [2.05, 4.69) is 0 Å². The molecule has 1 fully saturated rings. The number of hydrogen-bond acceptors (Lipinski definition) is 4. The number of nitrogens with one attached hydrogen (secondary N) is 1. The van der Waals surface area contributed by atoms with Crippen molar-refractivity contribution in [1.82, 2.24) is 5.48 Å². The number of rotatable bonds is 3.